The summed E-state index contributed by atoms with van der Waals surface area (Å²) in [5.74, 6) is -2.09. The monoisotopic (exact) mass is 217 g/mol. The number of rotatable bonds is 3. The molecule has 0 saturated heterocycles. The molecule has 1 amide bonds. The number of halogens is 2. The van der Waals surface area contributed by atoms with Gasteiger partial charge in [0, 0.05) is 12.6 Å². The van der Waals surface area contributed by atoms with Gasteiger partial charge >= 0.3 is 6.09 Å². The molecule has 0 saturated carbocycles. The maximum atomic E-state index is 12.9. The first-order chi connectivity index (χ1) is 7.13. The number of nitrogens with one attached hydrogen (secondary N) is 1. The highest BCUT2D eigenvalue weighted by atomic mass is 19.1. The van der Waals surface area contributed by atoms with Crippen molar-refractivity contribution in [2.75, 3.05) is 13.2 Å². The summed E-state index contributed by atoms with van der Waals surface area (Å²) < 4.78 is 29.9. The maximum Gasteiger partial charge on any atom is 0.412 e. The second-order valence-electron chi connectivity index (χ2n) is 2.61. The third kappa shape index (κ3) is 3.51. The largest absolute Gasteiger partial charge is 0.412 e. The topological polar surface area (TPSA) is 58.6 Å². The van der Waals surface area contributed by atoms with Crippen LogP contribution in [0.2, 0.25) is 0 Å². The highest BCUT2D eigenvalue weighted by Crippen LogP contribution is 2.17. The van der Waals surface area contributed by atoms with E-state index >= 15 is 0 Å². The van der Waals surface area contributed by atoms with Crippen molar-refractivity contribution in [3.8, 4) is 5.75 Å². The van der Waals surface area contributed by atoms with Crippen molar-refractivity contribution in [2.45, 2.75) is 0 Å². The number of amides is 1. The van der Waals surface area contributed by atoms with Gasteiger partial charge in [-0.3, -0.25) is 0 Å². The molecule has 0 atom stereocenters. The van der Waals surface area contributed by atoms with Crippen molar-refractivity contribution in [2.24, 2.45) is 0 Å². The summed E-state index contributed by atoms with van der Waals surface area (Å²) in [6.45, 7) is -0.247. The van der Waals surface area contributed by atoms with Crippen LogP contribution in [0, 0.1) is 11.6 Å². The molecule has 0 bridgehead atoms. The Morgan fingerprint density at radius 2 is 2.20 bits per heavy atom. The normalized spacial score (nSPS) is 9.80. The van der Waals surface area contributed by atoms with E-state index < -0.39 is 17.7 Å². The number of carbonyl (C=O) groups excluding carboxylic acids is 1. The molecule has 4 nitrogen and oxygen atoms in total. The van der Waals surface area contributed by atoms with E-state index in [1.54, 1.807) is 0 Å². The highest BCUT2D eigenvalue weighted by Gasteiger charge is 2.09. The first-order valence-corrected chi connectivity index (χ1v) is 4.15. The first-order valence-electron chi connectivity index (χ1n) is 4.15. The molecule has 0 unspecified atom stereocenters. The predicted molar refractivity (Wildman–Crippen MR) is 47.5 cm³/mol. The molecule has 2 N–H and O–H groups in total. The Kier molecular flexibility index (Phi) is 3.99. The average molecular weight is 217 g/mol. The Bertz CT molecular complexity index is 357. The molecule has 0 aliphatic rings. The minimum Gasteiger partial charge on any atom is -0.407 e. The zero-order chi connectivity index (χ0) is 11.3. The third-order valence-corrected chi connectivity index (χ3v) is 1.48. The van der Waals surface area contributed by atoms with Crippen LogP contribution in [-0.2, 0) is 0 Å². The standard InChI is InChI=1S/C9H9F2NO3/c10-6-1-2-8(7(11)5-6)15-9(14)12-3-4-13/h1-2,5,13H,3-4H2,(H,12,14). The van der Waals surface area contributed by atoms with Gasteiger partial charge in [0.15, 0.2) is 11.6 Å². The van der Waals surface area contributed by atoms with Crippen LogP contribution in [0.15, 0.2) is 18.2 Å². The second-order valence-corrected chi connectivity index (χ2v) is 2.61. The summed E-state index contributed by atoms with van der Waals surface area (Å²) in [7, 11) is 0. The van der Waals surface area contributed by atoms with E-state index in [4.69, 9.17) is 5.11 Å². The first kappa shape index (κ1) is 11.4. The Balaban J connectivity index is 2.60. The van der Waals surface area contributed by atoms with Crippen LogP contribution < -0.4 is 10.1 Å². The number of benzene rings is 1. The molecule has 1 aromatic rings. The van der Waals surface area contributed by atoms with Crippen LogP contribution in [0.1, 0.15) is 0 Å². The molecule has 15 heavy (non-hydrogen) atoms. The van der Waals surface area contributed by atoms with Crippen molar-refractivity contribution in [3.63, 3.8) is 0 Å². The Morgan fingerprint density at radius 1 is 1.47 bits per heavy atom. The lowest BCUT2D eigenvalue weighted by atomic mass is 10.3. The summed E-state index contributed by atoms with van der Waals surface area (Å²) in [5.41, 5.74) is 0. The van der Waals surface area contributed by atoms with Crippen molar-refractivity contribution >= 4 is 6.09 Å². The Labute approximate surface area is 84.5 Å². The van der Waals surface area contributed by atoms with Gasteiger partial charge < -0.3 is 15.2 Å². The smallest absolute Gasteiger partial charge is 0.407 e. The molecular formula is C9H9F2NO3. The quantitative estimate of drug-likeness (QED) is 0.795. The van der Waals surface area contributed by atoms with Crippen LogP contribution in [0.5, 0.6) is 5.75 Å². The predicted octanol–water partition coefficient (Wildman–Crippen LogP) is 1.05. The molecule has 6 heteroatoms. The van der Waals surface area contributed by atoms with Crippen molar-refractivity contribution < 1.29 is 23.4 Å². The fraction of sp³-hybridized carbons (Fsp3) is 0.222. The Morgan fingerprint density at radius 3 is 2.80 bits per heavy atom. The Hall–Kier alpha value is -1.69. The zero-order valence-corrected chi connectivity index (χ0v) is 7.67. The molecule has 0 heterocycles. The van der Waals surface area contributed by atoms with E-state index in [1.807, 2.05) is 0 Å². The lowest BCUT2D eigenvalue weighted by molar-refractivity contribution is 0.193. The van der Waals surface area contributed by atoms with Gasteiger partial charge in [-0.25, -0.2) is 13.6 Å². The second kappa shape index (κ2) is 5.26. The van der Waals surface area contributed by atoms with Crippen molar-refractivity contribution in [1.29, 1.82) is 0 Å². The van der Waals surface area contributed by atoms with E-state index in [9.17, 15) is 13.6 Å². The van der Waals surface area contributed by atoms with Gasteiger partial charge in [-0.2, -0.15) is 0 Å². The lowest BCUT2D eigenvalue weighted by Crippen LogP contribution is -2.29. The van der Waals surface area contributed by atoms with Crippen LogP contribution in [0.25, 0.3) is 0 Å². The van der Waals surface area contributed by atoms with Gasteiger partial charge in [-0.15, -0.1) is 0 Å². The molecule has 0 aliphatic heterocycles. The summed E-state index contributed by atoms with van der Waals surface area (Å²) >= 11 is 0. The molecule has 0 aliphatic carbocycles. The van der Waals surface area contributed by atoms with E-state index in [1.165, 1.54) is 0 Å². The summed E-state index contributed by atoms with van der Waals surface area (Å²) in [4.78, 5) is 10.9. The molecule has 1 aromatic carbocycles. The van der Waals surface area contributed by atoms with Crippen LogP contribution in [0.4, 0.5) is 13.6 Å². The van der Waals surface area contributed by atoms with E-state index in [0.29, 0.717) is 6.07 Å². The minimum atomic E-state index is -0.964. The van der Waals surface area contributed by atoms with Gasteiger partial charge in [0.2, 0.25) is 0 Å². The molecule has 82 valence electrons. The number of ether oxygens (including phenoxy) is 1. The van der Waals surface area contributed by atoms with E-state index in [2.05, 4.69) is 10.1 Å². The molecule has 1 rings (SSSR count). The number of aliphatic hydroxyl groups excluding tert-OH is 1. The van der Waals surface area contributed by atoms with Crippen molar-refractivity contribution in [1.82, 2.24) is 5.32 Å². The molecule has 0 spiro atoms. The summed E-state index contributed by atoms with van der Waals surface area (Å²) in [6, 6.07) is 2.58. The van der Waals surface area contributed by atoms with E-state index in [0.717, 1.165) is 12.1 Å². The summed E-state index contributed by atoms with van der Waals surface area (Å²) in [6.07, 6.45) is -0.908. The lowest BCUT2D eigenvalue weighted by Gasteiger charge is -2.05. The molecule has 0 radical (unpaired) electrons. The number of hydrogen-bond donors (Lipinski definition) is 2. The SMILES string of the molecule is O=C(NCCO)Oc1ccc(F)cc1F. The highest BCUT2D eigenvalue weighted by molar-refractivity contribution is 5.70. The molecule has 0 fully saturated rings. The number of hydrogen-bond acceptors (Lipinski definition) is 3. The van der Waals surface area contributed by atoms with Crippen LogP contribution >= 0.6 is 0 Å². The van der Waals surface area contributed by atoms with Crippen LogP contribution in [0.3, 0.4) is 0 Å². The maximum absolute atomic E-state index is 12.9. The van der Waals surface area contributed by atoms with Crippen molar-refractivity contribution in [3.05, 3.63) is 29.8 Å². The van der Waals surface area contributed by atoms with Gasteiger partial charge in [-0.05, 0) is 12.1 Å². The summed E-state index contributed by atoms with van der Waals surface area (Å²) in [5, 5.41) is 10.5. The number of carbonyl (C=O) groups is 1. The number of aliphatic hydroxyl groups is 1. The zero-order valence-electron chi connectivity index (χ0n) is 7.67. The third-order valence-electron chi connectivity index (χ3n) is 1.48. The van der Waals surface area contributed by atoms with Crippen LogP contribution in [-0.4, -0.2) is 24.4 Å². The molecular weight excluding hydrogens is 208 g/mol. The average Bonchev–Trinajstić information content (AvgIpc) is 2.19. The fourth-order valence-electron chi connectivity index (χ4n) is 0.852. The van der Waals surface area contributed by atoms with Gasteiger partial charge in [0.1, 0.15) is 5.82 Å². The minimum absolute atomic E-state index is 0.00163. The van der Waals surface area contributed by atoms with Gasteiger partial charge in [-0.1, -0.05) is 0 Å². The van der Waals surface area contributed by atoms with Gasteiger partial charge in [0.25, 0.3) is 0 Å². The molecule has 0 aromatic heterocycles. The fourth-order valence-corrected chi connectivity index (χ4v) is 0.852. The van der Waals surface area contributed by atoms with E-state index in [-0.39, 0.29) is 18.9 Å². The van der Waals surface area contributed by atoms with Gasteiger partial charge in [0.05, 0.1) is 6.61 Å².